The fraction of sp³-hybridized carbons (Fsp3) is 0.571. The second-order valence-electron chi connectivity index (χ2n) is 5.72. The van der Waals surface area contributed by atoms with Crippen LogP contribution in [-0.4, -0.2) is 43.8 Å². The van der Waals surface area contributed by atoms with Crippen molar-refractivity contribution in [3.05, 3.63) is 42.5 Å². The van der Waals surface area contributed by atoms with Crippen molar-refractivity contribution in [3.8, 4) is 0 Å². The van der Waals surface area contributed by atoms with Gasteiger partial charge in [-0.25, -0.2) is 0 Å². The molecular weight excluding hydrogens is 400 g/mol. The van der Waals surface area contributed by atoms with Crippen LogP contribution in [0.3, 0.4) is 0 Å². The van der Waals surface area contributed by atoms with Gasteiger partial charge in [0.1, 0.15) is 0 Å². The summed E-state index contributed by atoms with van der Waals surface area (Å²) in [4.78, 5) is 32.8. The van der Waals surface area contributed by atoms with Crippen LogP contribution in [0.15, 0.2) is 17.0 Å². The van der Waals surface area contributed by atoms with Crippen molar-refractivity contribution in [2.75, 3.05) is 19.7 Å². The summed E-state index contributed by atoms with van der Waals surface area (Å²) < 4.78 is 4.32. The summed E-state index contributed by atoms with van der Waals surface area (Å²) in [5.41, 5.74) is -2.18. The zero-order valence-electron chi connectivity index (χ0n) is 14.4. The van der Waals surface area contributed by atoms with Gasteiger partial charge in [-0.3, -0.25) is 35.2 Å². The second-order valence-corrected chi connectivity index (χ2v) is 7.79. The maximum Gasteiger partial charge on any atom is 0.296 e. The minimum absolute atomic E-state index is 0.224. The highest BCUT2D eigenvalue weighted by molar-refractivity contribution is 8.11. The van der Waals surface area contributed by atoms with Crippen LogP contribution < -0.4 is 0 Å². The Bertz CT molecular complexity index is 722. The van der Waals surface area contributed by atoms with Gasteiger partial charge in [0, 0.05) is 19.7 Å². The van der Waals surface area contributed by atoms with Crippen molar-refractivity contribution in [3.63, 3.8) is 0 Å². The van der Waals surface area contributed by atoms with Crippen molar-refractivity contribution >= 4 is 41.5 Å². The van der Waals surface area contributed by atoms with E-state index in [0.29, 0.717) is 37.0 Å². The number of nitro benzene ring substituents is 3. The van der Waals surface area contributed by atoms with Gasteiger partial charge >= 0.3 is 0 Å². The number of benzene rings is 1. The Morgan fingerprint density at radius 1 is 1.07 bits per heavy atom. The fourth-order valence-electron chi connectivity index (χ4n) is 2.75. The van der Waals surface area contributed by atoms with E-state index in [-0.39, 0.29) is 11.5 Å². The fourth-order valence-corrected chi connectivity index (χ4v) is 4.58. The van der Waals surface area contributed by atoms with E-state index in [2.05, 4.69) is 12.6 Å². The lowest BCUT2D eigenvalue weighted by Crippen LogP contribution is -2.46. The quantitative estimate of drug-likeness (QED) is 0.220. The Morgan fingerprint density at radius 3 is 2.00 bits per heavy atom. The van der Waals surface area contributed by atoms with Gasteiger partial charge in [-0.2, -0.15) is 0 Å². The zero-order valence-corrected chi connectivity index (χ0v) is 16.1. The molecule has 0 saturated carbocycles. The Labute approximate surface area is 163 Å². The molecule has 1 aliphatic heterocycles. The normalized spacial score (nSPS) is 17.3. The number of rotatable bonds is 8. The molecule has 1 aromatic rings. The van der Waals surface area contributed by atoms with Crippen molar-refractivity contribution in [1.29, 1.82) is 0 Å². The van der Waals surface area contributed by atoms with Crippen LogP contribution in [0.4, 0.5) is 17.1 Å². The summed E-state index contributed by atoms with van der Waals surface area (Å²) in [6, 6.07) is 1.43. The molecule has 11 nitrogen and oxygen atoms in total. The first kappa shape index (κ1) is 21.3. The van der Waals surface area contributed by atoms with E-state index in [1.54, 1.807) is 6.92 Å². The molecule has 0 radical (unpaired) electrons. The van der Waals surface area contributed by atoms with E-state index < -0.39 is 36.2 Å². The number of piperidine rings is 1. The summed E-state index contributed by atoms with van der Waals surface area (Å²) in [6.45, 7) is 3.17. The number of non-ortho nitro benzene ring substituents is 1. The molecule has 148 valence electrons. The average molecular weight is 418 g/mol. The van der Waals surface area contributed by atoms with E-state index in [1.165, 1.54) is 0 Å². The molecule has 1 saturated heterocycles. The predicted octanol–water partition coefficient (Wildman–Crippen LogP) is 3.57. The standard InChI is InChI=1S/C14H18N4O7S2/c1-2-25-14(26,15-6-4-3-5-7-15)27-13-11(17(21)22)8-10(16(19)20)9-12(13)18(23)24/h8-9,26H,2-7H2,1H3. The van der Waals surface area contributed by atoms with Gasteiger partial charge in [0.15, 0.2) is 4.90 Å². The minimum Gasteiger partial charge on any atom is -0.342 e. The molecule has 1 unspecified atom stereocenters. The zero-order chi connectivity index (χ0) is 20.2. The van der Waals surface area contributed by atoms with Crippen LogP contribution in [0.1, 0.15) is 26.2 Å². The molecule has 0 spiro atoms. The lowest BCUT2D eigenvalue weighted by Gasteiger charge is -2.40. The van der Waals surface area contributed by atoms with Gasteiger partial charge in [0.2, 0.25) is 4.39 Å². The maximum atomic E-state index is 11.5. The van der Waals surface area contributed by atoms with E-state index >= 15 is 0 Å². The van der Waals surface area contributed by atoms with Crippen LogP contribution in [0.5, 0.6) is 0 Å². The lowest BCUT2D eigenvalue weighted by molar-refractivity contribution is -0.407. The first-order valence-electron chi connectivity index (χ1n) is 8.11. The van der Waals surface area contributed by atoms with Gasteiger partial charge in [0.05, 0.1) is 26.9 Å². The molecule has 1 aromatic carbocycles. The molecule has 27 heavy (non-hydrogen) atoms. The highest BCUT2D eigenvalue weighted by Gasteiger charge is 2.42. The Kier molecular flexibility index (Phi) is 6.97. The Hall–Kier alpha value is -1.96. The van der Waals surface area contributed by atoms with Gasteiger partial charge in [-0.05, 0) is 31.5 Å². The van der Waals surface area contributed by atoms with Crippen molar-refractivity contribution in [2.24, 2.45) is 0 Å². The van der Waals surface area contributed by atoms with Crippen molar-refractivity contribution < 1.29 is 19.5 Å². The monoisotopic (exact) mass is 418 g/mol. The molecule has 1 heterocycles. The molecule has 1 fully saturated rings. The number of thiol groups is 1. The molecule has 0 amide bonds. The number of nitro groups is 3. The largest absolute Gasteiger partial charge is 0.342 e. The smallest absolute Gasteiger partial charge is 0.296 e. The predicted molar refractivity (Wildman–Crippen MR) is 101 cm³/mol. The lowest BCUT2D eigenvalue weighted by atomic mass is 10.1. The van der Waals surface area contributed by atoms with Crippen LogP contribution >= 0.6 is 24.4 Å². The summed E-state index contributed by atoms with van der Waals surface area (Å²) in [5.74, 6) is 0. The molecular formula is C14H18N4O7S2. The van der Waals surface area contributed by atoms with E-state index in [1.807, 2.05) is 4.90 Å². The second kappa shape index (κ2) is 8.82. The average Bonchev–Trinajstić information content (AvgIpc) is 2.62. The summed E-state index contributed by atoms with van der Waals surface area (Å²) in [6.07, 6.45) is 2.77. The number of hydrogen-bond donors (Lipinski definition) is 1. The van der Waals surface area contributed by atoms with Gasteiger partial charge in [0.25, 0.3) is 17.1 Å². The topological polar surface area (TPSA) is 142 Å². The van der Waals surface area contributed by atoms with Crippen LogP contribution in [0, 0.1) is 30.3 Å². The highest BCUT2D eigenvalue weighted by Crippen LogP contribution is 2.49. The third-order valence-corrected chi connectivity index (χ3v) is 5.91. The third kappa shape index (κ3) is 4.86. The molecule has 2 rings (SSSR count). The summed E-state index contributed by atoms with van der Waals surface area (Å²) in [7, 11) is 0. The molecule has 0 aromatic heterocycles. The van der Waals surface area contributed by atoms with E-state index in [0.717, 1.165) is 19.3 Å². The Balaban J connectivity index is 2.58. The van der Waals surface area contributed by atoms with Crippen molar-refractivity contribution in [2.45, 2.75) is 35.5 Å². The first-order valence-corrected chi connectivity index (χ1v) is 9.37. The van der Waals surface area contributed by atoms with Gasteiger partial charge in [-0.15, -0.1) is 12.6 Å². The van der Waals surface area contributed by atoms with Gasteiger partial charge in [-0.1, -0.05) is 6.42 Å². The molecule has 0 N–H and O–H groups in total. The highest BCUT2D eigenvalue weighted by atomic mass is 32.2. The molecule has 1 aliphatic rings. The van der Waals surface area contributed by atoms with Crippen LogP contribution in [0.25, 0.3) is 0 Å². The number of nitrogens with zero attached hydrogens (tertiary/aromatic N) is 4. The molecule has 0 aliphatic carbocycles. The van der Waals surface area contributed by atoms with Crippen molar-refractivity contribution in [1.82, 2.24) is 4.90 Å². The summed E-state index contributed by atoms with van der Waals surface area (Å²) >= 11 is 5.25. The first-order chi connectivity index (χ1) is 12.7. The molecule has 13 heteroatoms. The summed E-state index contributed by atoms with van der Waals surface area (Å²) in [5, 5.41) is 33.9. The number of thioether (sulfide) groups is 1. The Morgan fingerprint density at radius 2 is 1.59 bits per heavy atom. The van der Waals surface area contributed by atoms with Crippen LogP contribution in [-0.2, 0) is 4.74 Å². The number of hydrogen-bond acceptors (Lipinski definition) is 10. The number of ether oxygens (including phenoxy) is 1. The third-order valence-electron chi connectivity index (χ3n) is 3.96. The SMILES string of the molecule is CCOC(S)(Sc1c([N+](=O)[O-])cc([N+](=O)[O-])cc1[N+](=O)[O-])N1CCCCC1. The molecule has 1 atom stereocenters. The number of likely N-dealkylation sites (tertiary alicyclic amines) is 1. The van der Waals surface area contributed by atoms with E-state index in [4.69, 9.17) is 4.74 Å². The minimum atomic E-state index is -1.37. The molecule has 0 bridgehead atoms. The van der Waals surface area contributed by atoms with Gasteiger partial charge < -0.3 is 4.74 Å². The van der Waals surface area contributed by atoms with E-state index in [9.17, 15) is 30.3 Å². The van der Waals surface area contributed by atoms with Crippen LogP contribution in [0.2, 0.25) is 0 Å². The maximum absolute atomic E-state index is 11.5.